The van der Waals surface area contributed by atoms with E-state index in [1.165, 1.54) is 5.56 Å². The van der Waals surface area contributed by atoms with E-state index in [1.54, 1.807) is 0 Å². The summed E-state index contributed by atoms with van der Waals surface area (Å²) in [4.78, 5) is 17.6. The molecule has 0 aliphatic carbocycles. The first-order chi connectivity index (χ1) is 14.8. The van der Waals surface area contributed by atoms with Gasteiger partial charge in [0, 0.05) is 50.4 Å². The number of carbonyl (C=O) groups is 1. The predicted molar refractivity (Wildman–Crippen MR) is 125 cm³/mol. The third kappa shape index (κ3) is 4.47. The van der Waals surface area contributed by atoms with Crippen molar-refractivity contribution in [2.45, 2.75) is 46.3 Å². The van der Waals surface area contributed by atoms with E-state index in [-0.39, 0.29) is 12.0 Å². The number of ether oxygens (including phenoxy) is 1. The van der Waals surface area contributed by atoms with E-state index in [0.29, 0.717) is 18.8 Å². The number of hydrogen-bond acceptors (Lipinski definition) is 4. The summed E-state index contributed by atoms with van der Waals surface area (Å²) in [5.74, 6) is 0.360. The molecule has 1 atom stereocenters. The molecule has 0 bridgehead atoms. The fourth-order valence-corrected chi connectivity index (χ4v) is 4.20. The van der Waals surface area contributed by atoms with Crippen molar-refractivity contribution in [3.8, 4) is 0 Å². The van der Waals surface area contributed by atoms with E-state index in [1.807, 2.05) is 32.0 Å². The van der Waals surface area contributed by atoms with E-state index in [2.05, 4.69) is 49.1 Å². The number of amides is 1. The molecular weight excluding hydrogens is 388 g/mol. The molecule has 2 heterocycles. The van der Waals surface area contributed by atoms with Crippen LogP contribution in [-0.4, -0.2) is 44.2 Å². The number of carbonyl (C=O) groups excluding carboxylic acids is 1. The molecular formula is C26H32N2O3. The number of hydrogen-bond donors (Lipinski definition) is 0. The second-order valence-corrected chi connectivity index (χ2v) is 8.87. The van der Waals surface area contributed by atoms with Gasteiger partial charge >= 0.3 is 0 Å². The summed E-state index contributed by atoms with van der Waals surface area (Å²) >= 11 is 0. The van der Waals surface area contributed by atoms with Crippen molar-refractivity contribution in [3.63, 3.8) is 0 Å². The number of furan rings is 1. The molecule has 1 aliphatic heterocycles. The highest BCUT2D eigenvalue weighted by atomic mass is 16.5. The molecule has 1 saturated heterocycles. The van der Waals surface area contributed by atoms with Crippen LogP contribution in [0.2, 0.25) is 0 Å². The molecule has 1 aliphatic rings. The lowest BCUT2D eigenvalue weighted by Gasteiger charge is -2.25. The van der Waals surface area contributed by atoms with Gasteiger partial charge in [0.25, 0.3) is 5.91 Å². The number of nitrogens with zero attached hydrogens (tertiary/aromatic N) is 2. The Bertz CT molecular complexity index is 1080. The van der Waals surface area contributed by atoms with E-state index in [4.69, 9.17) is 9.15 Å². The van der Waals surface area contributed by atoms with Crippen molar-refractivity contribution in [2.24, 2.45) is 0 Å². The van der Waals surface area contributed by atoms with Gasteiger partial charge in [-0.05, 0) is 74.6 Å². The minimum atomic E-state index is -0.0730. The topological polar surface area (TPSA) is 45.9 Å². The zero-order valence-corrected chi connectivity index (χ0v) is 19.2. The van der Waals surface area contributed by atoms with Gasteiger partial charge in [0.05, 0.1) is 6.10 Å². The van der Waals surface area contributed by atoms with Gasteiger partial charge in [0.1, 0.15) is 5.58 Å². The van der Waals surface area contributed by atoms with Crippen LogP contribution in [0.1, 0.15) is 45.7 Å². The van der Waals surface area contributed by atoms with Crippen LogP contribution in [0, 0.1) is 20.8 Å². The molecule has 5 heteroatoms. The van der Waals surface area contributed by atoms with Crippen LogP contribution in [0.3, 0.4) is 0 Å². The largest absolute Gasteiger partial charge is 0.451 e. The summed E-state index contributed by atoms with van der Waals surface area (Å²) in [6.45, 7) is 8.00. The standard InChI is InChI=1S/C26H32N2O3/c1-17-13-23-19(3)25(31-24(23)14-18(17)2)26(29)28(16-22-7-6-12-30-22)15-20-8-10-21(11-9-20)27(4)5/h8-11,13-14,22H,6-7,12,15-16H2,1-5H3/t22-/m1/s1. The van der Waals surface area contributed by atoms with Gasteiger partial charge in [-0.25, -0.2) is 0 Å². The minimum Gasteiger partial charge on any atom is -0.451 e. The summed E-state index contributed by atoms with van der Waals surface area (Å²) in [7, 11) is 4.05. The average molecular weight is 421 g/mol. The van der Waals surface area contributed by atoms with Crippen molar-refractivity contribution in [3.05, 3.63) is 64.4 Å². The molecule has 0 saturated carbocycles. The van der Waals surface area contributed by atoms with Gasteiger partial charge in [0.15, 0.2) is 5.76 Å². The van der Waals surface area contributed by atoms with Crippen molar-refractivity contribution in [1.82, 2.24) is 4.90 Å². The summed E-state index contributed by atoms with van der Waals surface area (Å²) in [6.07, 6.45) is 2.12. The summed E-state index contributed by atoms with van der Waals surface area (Å²) in [5, 5.41) is 1.01. The lowest BCUT2D eigenvalue weighted by Crippen LogP contribution is -2.37. The highest BCUT2D eigenvalue weighted by molar-refractivity contribution is 5.99. The Labute approximate surface area is 184 Å². The summed E-state index contributed by atoms with van der Waals surface area (Å²) in [5.41, 5.74) is 6.28. The Balaban J connectivity index is 1.64. The first-order valence-electron chi connectivity index (χ1n) is 11.0. The maximum atomic E-state index is 13.6. The van der Waals surface area contributed by atoms with Crippen LogP contribution in [-0.2, 0) is 11.3 Å². The Hall–Kier alpha value is -2.79. The molecule has 0 unspecified atom stereocenters. The van der Waals surface area contributed by atoms with Crippen molar-refractivity contribution < 1.29 is 13.9 Å². The van der Waals surface area contributed by atoms with Crippen molar-refractivity contribution >= 4 is 22.6 Å². The Morgan fingerprint density at radius 3 is 2.42 bits per heavy atom. The molecule has 1 fully saturated rings. The Morgan fingerprint density at radius 2 is 1.77 bits per heavy atom. The number of fused-ring (bicyclic) bond motifs is 1. The lowest BCUT2D eigenvalue weighted by atomic mass is 10.0. The van der Waals surface area contributed by atoms with E-state index in [0.717, 1.165) is 52.8 Å². The monoisotopic (exact) mass is 420 g/mol. The van der Waals surface area contributed by atoms with Gasteiger partial charge in [-0.3, -0.25) is 4.79 Å². The van der Waals surface area contributed by atoms with Crippen LogP contribution in [0.25, 0.3) is 11.0 Å². The predicted octanol–water partition coefficient (Wildman–Crippen LogP) is 5.25. The normalized spacial score (nSPS) is 16.1. The maximum Gasteiger partial charge on any atom is 0.290 e. The quantitative estimate of drug-likeness (QED) is 0.547. The van der Waals surface area contributed by atoms with E-state index >= 15 is 0 Å². The lowest BCUT2D eigenvalue weighted by molar-refractivity contribution is 0.0485. The molecule has 0 spiro atoms. The second-order valence-electron chi connectivity index (χ2n) is 8.87. The van der Waals surface area contributed by atoms with Gasteiger partial charge in [-0.1, -0.05) is 12.1 Å². The fourth-order valence-electron chi connectivity index (χ4n) is 4.20. The molecule has 5 nitrogen and oxygen atoms in total. The van der Waals surface area contributed by atoms with Crippen molar-refractivity contribution in [2.75, 3.05) is 32.1 Å². The van der Waals surface area contributed by atoms with Crippen LogP contribution in [0.5, 0.6) is 0 Å². The van der Waals surface area contributed by atoms with Crippen LogP contribution in [0.15, 0.2) is 40.8 Å². The summed E-state index contributed by atoms with van der Waals surface area (Å²) in [6, 6.07) is 12.5. The molecule has 0 radical (unpaired) electrons. The third-order valence-electron chi connectivity index (χ3n) is 6.31. The minimum absolute atomic E-state index is 0.0730. The highest BCUT2D eigenvalue weighted by Crippen LogP contribution is 2.29. The highest BCUT2D eigenvalue weighted by Gasteiger charge is 2.27. The Kier molecular flexibility index (Phi) is 6.05. The number of aryl methyl sites for hydroxylation is 3. The SMILES string of the molecule is Cc1cc2oc(C(=O)N(Cc3ccc(N(C)C)cc3)C[C@H]3CCCO3)c(C)c2cc1C. The van der Waals surface area contributed by atoms with E-state index < -0.39 is 0 Å². The average Bonchev–Trinajstić information content (AvgIpc) is 3.36. The number of anilines is 1. The molecule has 3 aromatic rings. The first kappa shape index (κ1) is 21.4. The van der Waals surface area contributed by atoms with Crippen LogP contribution >= 0.6 is 0 Å². The van der Waals surface area contributed by atoms with Gasteiger partial charge in [0.2, 0.25) is 0 Å². The van der Waals surface area contributed by atoms with Gasteiger partial charge in [-0.2, -0.15) is 0 Å². The van der Waals surface area contributed by atoms with Gasteiger partial charge in [-0.15, -0.1) is 0 Å². The first-order valence-corrected chi connectivity index (χ1v) is 11.0. The zero-order chi connectivity index (χ0) is 22.1. The third-order valence-corrected chi connectivity index (χ3v) is 6.31. The number of rotatable bonds is 6. The van der Waals surface area contributed by atoms with Gasteiger partial charge < -0.3 is 19.0 Å². The molecule has 0 N–H and O–H groups in total. The molecule has 31 heavy (non-hydrogen) atoms. The zero-order valence-electron chi connectivity index (χ0n) is 19.2. The molecule has 1 aromatic heterocycles. The maximum absolute atomic E-state index is 13.6. The molecule has 4 rings (SSSR count). The smallest absolute Gasteiger partial charge is 0.290 e. The summed E-state index contributed by atoms with van der Waals surface area (Å²) < 4.78 is 11.9. The van der Waals surface area contributed by atoms with Crippen LogP contribution < -0.4 is 4.90 Å². The van der Waals surface area contributed by atoms with Crippen molar-refractivity contribution in [1.29, 1.82) is 0 Å². The fraction of sp³-hybridized carbons (Fsp3) is 0.423. The molecule has 1 amide bonds. The Morgan fingerprint density at radius 1 is 1.06 bits per heavy atom. The van der Waals surface area contributed by atoms with Crippen LogP contribution in [0.4, 0.5) is 5.69 Å². The second kappa shape index (κ2) is 8.75. The molecule has 2 aromatic carbocycles. The van der Waals surface area contributed by atoms with E-state index in [9.17, 15) is 4.79 Å². The number of benzene rings is 2. The molecule has 164 valence electrons.